The fraction of sp³-hybridized carbons (Fsp3) is 0.600. The fourth-order valence-corrected chi connectivity index (χ4v) is 10.9. The Morgan fingerprint density at radius 2 is 1.50 bits per heavy atom. The first kappa shape index (κ1) is 36.2. The number of ether oxygens (including phenoxy) is 2. The van der Waals surface area contributed by atoms with E-state index in [4.69, 9.17) is 9.47 Å². The number of hydrogen-bond donors (Lipinski definition) is 1. The summed E-state index contributed by atoms with van der Waals surface area (Å²) in [6.45, 7) is 18.3. The van der Waals surface area contributed by atoms with Crippen molar-refractivity contribution in [2.24, 2.45) is 22.2 Å². The molecule has 3 aliphatic rings. The summed E-state index contributed by atoms with van der Waals surface area (Å²) in [7, 11) is 0. The minimum atomic E-state index is -0.500. The Morgan fingerprint density at radius 3 is 2.10 bits per heavy atom. The van der Waals surface area contributed by atoms with Gasteiger partial charge in [-0.1, -0.05) is 69.8 Å². The molecule has 0 aliphatic heterocycles. The Morgan fingerprint density at radius 1 is 0.875 bits per heavy atom. The highest BCUT2D eigenvalue weighted by Gasteiger charge is 2.64. The van der Waals surface area contributed by atoms with Crippen LogP contribution >= 0.6 is 11.8 Å². The minimum Gasteiger partial charge on any atom is -0.423 e. The Balaban J connectivity index is 1.55. The van der Waals surface area contributed by atoms with Gasteiger partial charge in [-0.3, -0.25) is 19.2 Å². The molecule has 2 saturated carbocycles. The lowest BCUT2D eigenvalue weighted by molar-refractivity contribution is -0.149. The van der Waals surface area contributed by atoms with Crippen LogP contribution in [0.15, 0.2) is 42.5 Å². The Bertz CT molecular complexity index is 1600. The van der Waals surface area contributed by atoms with Crippen LogP contribution in [0.4, 0.5) is 0 Å². The normalized spacial score (nSPS) is 31.0. The van der Waals surface area contributed by atoms with Gasteiger partial charge in [0, 0.05) is 37.1 Å². The number of esters is 2. The van der Waals surface area contributed by atoms with Crippen LogP contribution in [-0.2, 0) is 19.8 Å². The number of fused-ring (bicyclic) bond motifs is 5. The standard InChI is InChI=1S/C40H53NO6S/c1-25(42)41-36(4,5)15-16-37(6)17-20-40(9)34-23-33(48-35(45)28-13-11-10-12-14-28)29-21-31(46-26(2)43)32(47-27(3)44)22-30(29)39(34,8)19-18-38(40,7)24-37/h10-14,21-22,33-34H,15-20,23-24H2,1-9H3,(H,41,42)/t33?,34?,37-,38+,39+,40-/m1/s1. The van der Waals surface area contributed by atoms with Crippen LogP contribution in [0.1, 0.15) is 140 Å². The number of rotatable bonds is 8. The number of carbonyl (C=O) groups is 4. The van der Waals surface area contributed by atoms with E-state index in [-0.39, 0.29) is 60.9 Å². The SMILES string of the molecule is CC(=O)NC(C)(C)CC[C@]1(C)CC[C@]2(C)C3CC(SC(=O)c4ccccc4)c4cc(OC(C)=O)c(OC(C)=O)cc4[C@]3(C)CC[C@@]2(C)C1. The summed E-state index contributed by atoms with van der Waals surface area (Å²) < 4.78 is 11.3. The zero-order chi connectivity index (χ0) is 35.3. The van der Waals surface area contributed by atoms with Crippen molar-refractivity contribution in [2.75, 3.05) is 0 Å². The first-order chi connectivity index (χ1) is 22.3. The maximum Gasteiger partial charge on any atom is 0.308 e. The van der Waals surface area contributed by atoms with Gasteiger partial charge < -0.3 is 14.8 Å². The molecule has 2 fully saturated rings. The largest absolute Gasteiger partial charge is 0.423 e. The maximum absolute atomic E-state index is 13.8. The molecule has 8 heteroatoms. The molecule has 7 nitrogen and oxygen atoms in total. The highest BCUT2D eigenvalue weighted by atomic mass is 32.2. The molecule has 3 aliphatic carbocycles. The third kappa shape index (κ3) is 6.97. The maximum atomic E-state index is 13.8. The summed E-state index contributed by atoms with van der Waals surface area (Å²) in [4.78, 5) is 50.0. The van der Waals surface area contributed by atoms with Gasteiger partial charge in [0.25, 0.3) is 0 Å². The molecule has 0 radical (unpaired) electrons. The van der Waals surface area contributed by atoms with Crippen LogP contribution in [-0.4, -0.2) is 28.5 Å². The summed E-state index contributed by atoms with van der Waals surface area (Å²) in [5.41, 5.74) is 2.45. The molecule has 0 saturated heterocycles. The summed E-state index contributed by atoms with van der Waals surface area (Å²) in [6.07, 6.45) is 8.08. The van der Waals surface area contributed by atoms with Crippen molar-refractivity contribution in [1.82, 2.24) is 5.32 Å². The third-order valence-electron chi connectivity index (χ3n) is 12.3. The summed E-state index contributed by atoms with van der Waals surface area (Å²) in [5.74, 6) is -0.261. The fourth-order valence-electron chi connectivity index (χ4n) is 9.72. The van der Waals surface area contributed by atoms with Gasteiger partial charge in [-0.25, -0.2) is 0 Å². The van der Waals surface area contributed by atoms with Gasteiger partial charge in [0.15, 0.2) is 11.5 Å². The van der Waals surface area contributed by atoms with E-state index in [1.807, 2.05) is 42.5 Å². The van der Waals surface area contributed by atoms with Crippen LogP contribution in [0.5, 0.6) is 11.5 Å². The van der Waals surface area contributed by atoms with Crippen molar-refractivity contribution in [2.45, 2.75) is 130 Å². The van der Waals surface area contributed by atoms with E-state index in [0.717, 1.165) is 62.5 Å². The molecule has 5 rings (SSSR count). The van der Waals surface area contributed by atoms with Crippen molar-refractivity contribution in [1.29, 1.82) is 0 Å². The van der Waals surface area contributed by atoms with Gasteiger partial charge in [-0.15, -0.1) is 0 Å². The molecule has 1 N–H and O–H groups in total. The molecular formula is C40H53NO6S. The van der Waals surface area contributed by atoms with Crippen LogP contribution in [0.3, 0.4) is 0 Å². The van der Waals surface area contributed by atoms with Gasteiger partial charge >= 0.3 is 11.9 Å². The average Bonchev–Trinajstić information content (AvgIpc) is 2.98. The Hall–Kier alpha value is -3.13. The van der Waals surface area contributed by atoms with Crippen molar-refractivity contribution in [3.8, 4) is 11.5 Å². The van der Waals surface area contributed by atoms with E-state index in [1.54, 1.807) is 6.92 Å². The molecule has 0 bridgehead atoms. The van der Waals surface area contributed by atoms with E-state index < -0.39 is 11.9 Å². The number of thioether (sulfide) groups is 1. The molecule has 48 heavy (non-hydrogen) atoms. The lowest BCUT2D eigenvalue weighted by atomic mass is 9.37. The second-order valence-corrected chi connectivity index (χ2v) is 17.7. The van der Waals surface area contributed by atoms with Crippen LogP contribution in [0, 0.1) is 22.2 Å². The predicted molar refractivity (Wildman–Crippen MR) is 190 cm³/mol. The summed E-state index contributed by atoms with van der Waals surface area (Å²) >= 11 is 1.35. The predicted octanol–water partition coefficient (Wildman–Crippen LogP) is 9.12. The number of carbonyl (C=O) groups excluding carboxylic acids is 4. The number of amides is 1. The first-order valence-electron chi connectivity index (χ1n) is 17.4. The highest BCUT2D eigenvalue weighted by Crippen LogP contribution is 2.73. The average molecular weight is 676 g/mol. The molecular weight excluding hydrogens is 623 g/mol. The van der Waals surface area contributed by atoms with Crippen LogP contribution in [0.2, 0.25) is 0 Å². The zero-order valence-corrected chi connectivity index (χ0v) is 31.0. The lowest BCUT2D eigenvalue weighted by Crippen LogP contribution is -2.60. The monoisotopic (exact) mass is 675 g/mol. The second-order valence-electron chi connectivity index (χ2n) is 16.6. The summed E-state index contributed by atoms with van der Waals surface area (Å²) in [6, 6.07) is 13.1. The van der Waals surface area contributed by atoms with Crippen LogP contribution < -0.4 is 14.8 Å². The third-order valence-corrected chi connectivity index (χ3v) is 13.5. The van der Waals surface area contributed by atoms with E-state index in [9.17, 15) is 19.2 Å². The molecule has 1 amide bonds. The number of hydrogen-bond acceptors (Lipinski definition) is 7. The molecule has 6 atom stereocenters. The first-order valence-corrected chi connectivity index (χ1v) is 18.3. The van der Waals surface area contributed by atoms with Crippen LogP contribution in [0.25, 0.3) is 0 Å². The van der Waals surface area contributed by atoms with Crippen molar-refractivity contribution in [3.63, 3.8) is 0 Å². The molecule has 0 heterocycles. The minimum absolute atomic E-state index is 0.00485. The molecule has 260 valence electrons. The van der Waals surface area contributed by atoms with Gasteiger partial charge in [0.2, 0.25) is 11.0 Å². The van der Waals surface area contributed by atoms with Gasteiger partial charge in [0.05, 0.1) is 0 Å². The summed E-state index contributed by atoms with van der Waals surface area (Å²) in [5, 5.41) is 2.98. The number of nitrogens with one attached hydrogen (secondary N) is 1. The van der Waals surface area contributed by atoms with Crippen molar-refractivity contribution in [3.05, 3.63) is 59.2 Å². The zero-order valence-electron chi connectivity index (χ0n) is 30.2. The quantitative estimate of drug-likeness (QED) is 0.220. The number of benzene rings is 2. The van der Waals surface area contributed by atoms with Gasteiger partial charge in [-0.2, -0.15) is 0 Å². The van der Waals surface area contributed by atoms with Crippen molar-refractivity contribution < 1.29 is 28.7 Å². The smallest absolute Gasteiger partial charge is 0.308 e. The topological polar surface area (TPSA) is 98.8 Å². The Labute approximate surface area is 290 Å². The van der Waals surface area contributed by atoms with Crippen molar-refractivity contribution >= 4 is 34.7 Å². The van der Waals surface area contributed by atoms with E-state index >= 15 is 0 Å². The Kier molecular flexibility index (Phi) is 9.76. The molecule has 0 spiro atoms. The van der Waals surface area contributed by atoms with Gasteiger partial charge in [0.1, 0.15) is 0 Å². The lowest BCUT2D eigenvalue weighted by Gasteiger charge is -2.68. The molecule has 0 aromatic heterocycles. The molecule has 2 aromatic carbocycles. The van der Waals surface area contributed by atoms with E-state index in [0.29, 0.717) is 5.56 Å². The van der Waals surface area contributed by atoms with E-state index in [1.165, 1.54) is 25.6 Å². The molecule has 2 unspecified atom stereocenters. The van der Waals surface area contributed by atoms with Gasteiger partial charge in [-0.05, 0) is 116 Å². The second kappa shape index (κ2) is 13.0. The van der Waals surface area contributed by atoms with E-state index in [2.05, 4.69) is 46.9 Å². The highest BCUT2D eigenvalue weighted by molar-refractivity contribution is 8.14. The molecule has 2 aromatic rings.